The van der Waals surface area contributed by atoms with Gasteiger partial charge in [-0.15, -0.1) is 0 Å². The maximum absolute atomic E-state index is 12.5. The molecule has 0 spiro atoms. The van der Waals surface area contributed by atoms with Gasteiger partial charge in [0.05, 0.1) is 30.9 Å². The Morgan fingerprint density at radius 3 is 2.73 bits per heavy atom. The maximum atomic E-state index is 12.5. The lowest BCUT2D eigenvalue weighted by atomic mass is 9.91. The number of hydrogen-bond acceptors (Lipinski definition) is 4. The molecule has 0 radical (unpaired) electrons. The number of amides is 2. The molecule has 1 saturated carbocycles. The number of carbonyl (C=O) groups excluding carboxylic acids is 2. The molecule has 1 atom stereocenters. The lowest BCUT2D eigenvalue weighted by molar-refractivity contribution is -0.129. The summed E-state index contributed by atoms with van der Waals surface area (Å²) in [7, 11) is 0. The van der Waals surface area contributed by atoms with Crippen molar-refractivity contribution < 1.29 is 14.7 Å². The summed E-state index contributed by atoms with van der Waals surface area (Å²) in [4.78, 5) is 26.3. The number of aromatic nitrogens is 2. The van der Waals surface area contributed by atoms with Gasteiger partial charge in [0.2, 0.25) is 5.91 Å². The number of hydrogen-bond donors (Lipinski definition) is 2. The predicted octanol–water partition coefficient (Wildman–Crippen LogP) is 1.27. The minimum absolute atomic E-state index is 0.00115. The summed E-state index contributed by atoms with van der Waals surface area (Å²) >= 11 is 0. The van der Waals surface area contributed by atoms with E-state index in [1.807, 2.05) is 17.0 Å². The van der Waals surface area contributed by atoms with Gasteiger partial charge in [0.15, 0.2) is 0 Å². The third-order valence-electron chi connectivity index (χ3n) is 5.79. The summed E-state index contributed by atoms with van der Waals surface area (Å²) in [6.07, 6.45) is 13.6. The van der Waals surface area contributed by atoms with E-state index in [0.717, 1.165) is 32.1 Å². The average molecular weight is 358 g/mol. The second-order valence-corrected chi connectivity index (χ2v) is 7.88. The Kier molecular flexibility index (Phi) is 4.56. The number of β-amino-alcohol motifs (C(OH)–C–C–N with tert-alkyl or cyclic N) is 1. The van der Waals surface area contributed by atoms with Crippen molar-refractivity contribution in [1.82, 2.24) is 20.0 Å². The zero-order valence-electron chi connectivity index (χ0n) is 14.9. The molecule has 4 rings (SSSR count). The van der Waals surface area contributed by atoms with E-state index in [9.17, 15) is 14.7 Å². The minimum atomic E-state index is -1.03. The van der Waals surface area contributed by atoms with Crippen LogP contribution in [0.2, 0.25) is 0 Å². The molecule has 140 valence electrons. The predicted molar refractivity (Wildman–Crippen MR) is 95.5 cm³/mol. The Balaban J connectivity index is 1.25. The molecule has 1 unspecified atom stereocenters. The van der Waals surface area contributed by atoms with Crippen LogP contribution in [0.3, 0.4) is 0 Å². The van der Waals surface area contributed by atoms with Crippen molar-refractivity contribution in [1.29, 1.82) is 0 Å². The molecule has 3 aliphatic rings. The fraction of sp³-hybridized carbons (Fsp3) is 0.632. The van der Waals surface area contributed by atoms with Crippen molar-refractivity contribution in [2.45, 2.75) is 50.2 Å². The third kappa shape index (κ3) is 3.40. The van der Waals surface area contributed by atoms with Crippen molar-refractivity contribution in [3.8, 4) is 0 Å². The molecule has 2 fully saturated rings. The lowest BCUT2D eigenvalue weighted by Gasteiger charge is -2.46. The van der Waals surface area contributed by atoms with Crippen LogP contribution in [-0.4, -0.2) is 56.8 Å². The largest absolute Gasteiger partial charge is 0.384 e. The zero-order valence-corrected chi connectivity index (χ0v) is 14.9. The Hall–Kier alpha value is -2.15. The summed E-state index contributed by atoms with van der Waals surface area (Å²) in [5.41, 5.74) is -0.461. The van der Waals surface area contributed by atoms with E-state index >= 15 is 0 Å². The van der Waals surface area contributed by atoms with E-state index in [1.54, 1.807) is 11.1 Å². The first kappa shape index (κ1) is 17.3. The molecule has 1 aromatic rings. The monoisotopic (exact) mass is 358 g/mol. The molecule has 1 aliphatic heterocycles. The molecule has 2 heterocycles. The summed E-state index contributed by atoms with van der Waals surface area (Å²) in [5, 5.41) is 17.7. The van der Waals surface area contributed by atoms with Gasteiger partial charge in [-0.25, -0.2) is 0 Å². The first-order chi connectivity index (χ1) is 12.5. The van der Waals surface area contributed by atoms with Crippen molar-refractivity contribution in [3.63, 3.8) is 0 Å². The Morgan fingerprint density at radius 1 is 1.27 bits per heavy atom. The van der Waals surface area contributed by atoms with Crippen LogP contribution in [0.4, 0.5) is 0 Å². The molecule has 1 saturated heterocycles. The number of nitrogens with zero attached hydrogens (tertiary/aromatic N) is 3. The SMILES string of the molecule is O=C(NCC1(O)CN(C(=O)c2cnn(C3CCC3)c2)C1)C1CC=CCC1. The molecule has 2 aliphatic carbocycles. The van der Waals surface area contributed by atoms with Gasteiger partial charge in [-0.1, -0.05) is 12.2 Å². The second-order valence-electron chi connectivity index (χ2n) is 7.88. The number of carbonyl (C=O) groups is 2. The van der Waals surface area contributed by atoms with Gasteiger partial charge in [0.1, 0.15) is 5.60 Å². The van der Waals surface area contributed by atoms with E-state index in [2.05, 4.69) is 16.5 Å². The Bertz CT molecular complexity index is 716. The van der Waals surface area contributed by atoms with Gasteiger partial charge in [-0.3, -0.25) is 14.3 Å². The fourth-order valence-electron chi connectivity index (χ4n) is 3.83. The summed E-state index contributed by atoms with van der Waals surface area (Å²) in [6, 6.07) is 0.426. The first-order valence-electron chi connectivity index (χ1n) is 9.53. The van der Waals surface area contributed by atoms with Crippen LogP contribution < -0.4 is 5.32 Å². The molecule has 2 N–H and O–H groups in total. The van der Waals surface area contributed by atoms with Crippen molar-refractivity contribution in [3.05, 3.63) is 30.1 Å². The number of allylic oxidation sites excluding steroid dienone is 2. The number of nitrogens with one attached hydrogen (secondary N) is 1. The van der Waals surface area contributed by atoms with Crippen LogP contribution in [0.15, 0.2) is 24.5 Å². The van der Waals surface area contributed by atoms with E-state index in [1.165, 1.54) is 6.42 Å². The molecule has 0 bridgehead atoms. The number of rotatable bonds is 5. The van der Waals surface area contributed by atoms with Gasteiger partial charge in [0, 0.05) is 18.7 Å². The van der Waals surface area contributed by atoms with Crippen LogP contribution in [0, 0.1) is 5.92 Å². The molecule has 7 heteroatoms. The Labute approximate surface area is 153 Å². The summed E-state index contributed by atoms with van der Waals surface area (Å²) in [6.45, 7) is 0.674. The third-order valence-corrected chi connectivity index (χ3v) is 5.79. The molecule has 2 amide bonds. The average Bonchev–Trinajstić information content (AvgIpc) is 3.05. The number of aliphatic hydroxyl groups is 1. The highest BCUT2D eigenvalue weighted by atomic mass is 16.3. The molecule has 26 heavy (non-hydrogen) atoms. The molecular weight excluding hydrogens is 332 g/mol. The minimum Gasteiger partial charge on any atom is -0.384 e. The normalized spacial score (nSPS) is 24.7. The lowest BCUT2D eigenvalue weighted by Crippen LogP contribution is -2.67. The van der Waals surface area contributed by atoms with Crippen molar-refractivity contribution in [2.75, 3.05) is 19.6 Å². The highest BCUT2D eigenvalue weighted by Crippen LogP contribution is 2.31. The standard InChI is InChI=1S/C19H26N4O3/c24-17(14-5-2-1-3-6-14)20-11-19(26)12-22(13-19)18(25)15-9-21-23(10-15)16-7-4-8-16/h1-2,9-10,14,16,26H,3-8,11-13H2,(H,20,24). The summed E-state index contributed by atoms with van der Waals surface area (Å²) in [5.74, 6) is -0.114. The van der Waals surface area contributed by atoms with E-state index in [4.69, 9.17) is 0 Å². The molecule has 1 aromatic heterocycles. The van der Waals surface area contributed by atoms with Gasteiger partial charge >= 0.3 is 0 Å². The van der Waals surface area contributed by atoms with Crippen molar-refractivity contribution in [2.24, 2.45) is 5.92 Å². The fourth-order valence-corrected chi connectivity index (χ4v) is 3.83. The van der Waals surface area contributed by atoms with Crippen LogP contribution in [0.25, 0.3) is 0 Å². The Morgan fingerprint density at radius 2 is 2.08 bits per heavy atom. The molecular formula is C19H26N4O3. The van der Waals surface area contributed by atoms with Crippen molar-refractivity contribution >= 4 is 11.8 Å². The highest BCUT2D eigenvalue weighted by Gasteiger charge is 2.44. The molecule has 0 aromatic carbocycles. The van der Waals surface area contributed by atoms with E-state index in [-0.39, 0.29) is 37.4 Å². The smallest absolute Gasteiger partial charge is 0.257 e. The summed E-state index contributed by atoms with van der Waals surface area (Å²) < 4.78 is 1.88. The van der Waals surface area contributed by atoms with Crippen LogP contribution in [0.5, 0.6) is 0 Å². The van der Waals surface area contributed by atoms with Crippen LogP contribution in [0.1, 0.15) is 54.9 Å². The van der Waals surface area contributed by atoms with Gasteiger partial charge in [-0.05, 0) is 38.5 Å². The quantitative estimate of drug-likeness (QED) is 0.776. The topological polar surface area (TPSA) is 87.5 Å². The van der Waals surface area contributed by atoms with Crippen LogP contribution in [-0.2, 0) is 4.79 Å². The highest BCUT2D eigenvalue weighted by molar-refractivity contribution is 5.94. The van der Waals surface area contributed by atoms with E-state index in [0.29, 0.717) is 11.6 Å². The number of likely N-dealkylation sites (tertiary alicyclic amines) is 1. The van der Waals surface area contributed by atoms with Gasteiger partial charge < -0.3 is 15.3 Å². The van der Waals surface area contributed by atoms with Crippen LogP contribution >= 0.6 is 0 Å². The van der Waals surface area contributed by atoms with Gasteiger partial charge in [0.25, 0.3) is 5.91 Å². The maximum Gasteiger partial charge on any atom is 0.257 e. The van der Waals surface area contributed by atoms with E-state index < -0.39 is 5.60 Å². The second kappa shape index (κ2) is 6.87. The first-order valence-corrected chi connectivity index (χ1v) is 9.53. The molecule has 7 nitrogen and oxygen atoms in total. The zero-order chi connectivity index (χ0) is 18.1. The van der Waals surface area contributed by atoms with Gasteiger partial charge in [-0.2, -0.15) is 5.10 Å².